The zero-order valence-corrected chi connectivity index (χ0v) is 6.61. The molecule has 0 aromatic rings. The summed E-state index contributed by atoms with van der Waals surface area (Å²) in [4.78, 5) is 28.2. The Bertz CT molecular complexity index is 144. The number of rotatable bonds is 4. The minimum Gasteiger partial charge on any atom is -0.481 e. The largest absolute Gasteiger partial charge is 0.481 e. The molecule has 0 saturated heterocycles. The Morgan fingerprint density at radius 1 is 1.33 bits per heavy atom. The predicted octanol–water partition coefficient (Wildman–Crippen LogP) is -0.702. The number of aliphatic carboxylic acids is 2. The van der Waals surface area contributed by atoms with Crippen LogP contribution in [0.1, 0.15) is 13.3 Å². The second kappa shape index (κ2) is 9.41. The molecule has 0 aromatic heterocycles. The molecule has 0 fully saturated rings. The molecule has 0 saturated carbocycles. The van der Waals surface area contributed by atoms with Gasteiger partial charge in [-0.1, -0.05) is 0 Å². The Labute approximate surface area is 69.2 Å². The minimum absolute atomic E-state index is 0.681. The molecule has 0 rings (SSSR count). The Hall–Kier alpha value is -1.59. The first-order valence-corrected chi connectivity index (χ1v) is 3.15. The molecule has 6 nitrogen and oxygen atoms in total. The van der Waals surface area contributed by atoms with Crippen molar-refractivity contribution in [3.8, 4) is 0 Å². The fourth-order valence-corrected chi connectivity index (χ4v) is 0.213. The van der Waals surface area contributed by atoms with E-state index in [1.165, 1.54) is 0 Å². The van der Waals surface area contributed by atoms with Gasteiger partial charge < -0.3 is 15.5 Å². The van der Waals surface area contributed by atoms with Crippen LogP contribution in [0.5, 0.6) is 0 Å². The van der Waals surface area contributed by atoms with E-state index in [1.54, 1.807) is 0 Å². The zero-order valence-electron chi connectivity index (χ0n) is 6.61. The maximum atomic E-state index is 9.43. The minimum atomic E-state index is -1.31. The summed E-state index contributed by atoms with van der Waals surface area (Å²) in [7, 11) is 0. The van der Waals surface area contributed by atoms with Crippen LogP contribution in [0.2, 0.25) is 0 Å². The highest BCUT2D eigenvalue weighted by Gasteiger charge is 2.01. The van der Waals surface area contributed by atoms with Gasteiger partial charge in [0.2, 0.25) is 6.41 Å². The van der Waals surface area contributed by atoms with Gasteiger partial charge >= 0.3 is 11.9 Å². The molecule has 0 aliphatic rings. The Kier molecular flexibility index (Phi) is 10.2. The highest BCUT2D eigenvalue weighted by molar-refractivity contribution is 5.88. The lowest BCUT2D eigenvalue weighted by Crippen LogP contribution is -2.07. The fourth-order valence-electron chi connectivity index (χ4n) is 0.213. The molecule has 1 amide bonds. The summed E-state index contributed by atoms with van der Waals surface area (Å²) in [5, 5.41) is 17.8. The molecule has 0 radical (unpaired) electrons. The molecule has 12 heavy (non-hydrogen) atoms. The van der Waals surface area contributed by atoms with Gasteiger partial charge in [0, 0.05) is 6.54 Å². The van der Waals surface area contributed by atoms with Crippen molar-refractivity contribution in [1.29, 1.82) is 0 Å². The number of carbonyl (C=O) groups is 3. The molecular weight excluding hydrogens is 166 g/mol. The number of carboxylic acids is 2. The molecule has 0 spiro atoms. The van der Waals surface area contributed by atoms with E-state index in [1.807, 2.05) is 6.92 Å². The standard InChI is InChI=1S/C3H7NO.C3H4O4/c1-2-4-3-5;4-2(5)1-3(6)7/h3H,2H2,1H3,(H,4,5);1H2,(H,4,5)(H,6,7). The SMILES string of the molecule is CCNC=O.O=C(O)CC(=O)O. The van der Waals surface area contributed by atoms with Crippen LogP contribution in [-0.4, -0.2) is 35.1 Å². The first-order valence-electron chi connectivity index (χ1n) is 3.15. The summed E-state index contributed by atoms with van der Waals surface area (Å²) in [6.07, 6.45) is -0.125. The number of nitrogens with one attached hydrogen (secondary N) is 1. The predicted molar refractivity (Wildman–Crippen MR) is 39.6 cm³/mol. The highest BCUT2D eigenvalue weighted by atomic mass is 16.4. The van der Waals surface area contributed by atoms with Crippen LogP contribution in [0.15, 0.2) is 0 Å². The van der Waals surface area contributed by atoms with Crippen molar-refractivity contribution < 1.29 is 24.6 Å². The lowest BCUT2D eigenvalue weighted by Gasteiger charge is -1.80. The van der Waals surface area contributed by atoms with Crippen molar-refractivity contribution in [1.82, 2.24) is 5.32 Å². The van der Waals surface area contributed by atoms with E-state index in [-0.39, 0.29) is 0 Å². The monoisotopic (exact) mass is 177 g/mol. The summed E-state index contributed by atoms with van der Waals surface area (Å²) in [6.45, 7) is 2.60. The van der Waals surface area contributed by atoms with Crippen molar-refractivity contribution in [2.45, 2.75) is 13.3 Å². The van der Waals surface area contributed by atoms with Crippen LogP contribution in [0, 0.1) is 0 Å². The average Bonchev–Trinajstić information content (AvgIpc) is 1.87. The number of hydrogen-bond donors (Lipinski definition) is 3. The van der Waals surface area contributed by atoms with Crippen LogP contribution < -0.4 is 5.32 Å². The van der Waals surface area contributed by atoms with E-state index >= 15 is 0 Å². The Morgan fingerprint density at radius 2 is 1.75 bits per heavy atom. The van der Waals surface area contributed by atoms with Gasteiger partial charge in [0.05, 0.1) is 0 Å². The molecule has 0 unspecified atom stereocenters. The fraction of sp³-hybridized carbons (Fsp3) is 0.500. The highest BCUT2D eigenvalue weighted by Crippen LogP contribution is 1.74. The molecule has 0 bridgehead atoms. The third kappa shape index (κ3) is 23.7. The van der Waals surface area contributed by atoms with Crippen LogP contribution in [0.3, 0.4) is 0 Å². The van der Waals surface area contributed by atoms with E-state index in [0.29, 0.717) is 6.41 Å². The van der Waals surface area contributed by atoms with Crippen molar-refractivity contribution in [2.24, 2.45) is 0 Å². The van der Waals surface area contributed by atoms with Crippen molar-refractivity contribution in [3.05, 3.63) is 0 Å². The van der Waals surface area contributed by atoms with Gasteiger partial charge in [-0.3, -0.25) is 14.4 Å². The summed E-state index contributed by atoms with van der Waals surface area (Å²) in [6, 6.07) is 0. The van der Waals surface area contributed by atoms with Gasteiger partial charge in [-0.2, -0.15) is 0 Å². The molecule has 0 aliphatic carbocycles. The Balaban J connectivity index is 0. The van der Waals surface area contributed by atoms with Gasteiger partial charge in [-0.15, -0.1) is 0 Å². The van der Waals surface area contributed by atoms with Gasteiger partial charge in [0.1, 0.15) is 6.42 Å². The third-order valence-corrected chi connectivity index (χ3v) is 0.590. The quantitative estimate of drug-likeness (QED) is 0.389. The van der Waals surface area contributed by atoms with Crippen LogP contribution in [0.4, 0.5) is 0 Å². The summed E-state index contributed by atoms with van der Waals surface area (Å²) < 4.78 is 0. The number of hydrogen-bond acceptors (Lipinski definition) is 3. The van der Waals surface area contributed by atoms with Crippen LogP contribution in [-0.2, 0) is 14.4 Å². The topological polar surface area (TPSA) is 104 Å². The zero-order chi connectivity index (χ0) is 9.98. The molecule has 3 N–H and O–H groups in total. The maximum Gasteiger partial charge on any atom is 0.314 e. The molecule has 6 heteroatoms. The number of amides is 1. The van der Waals surface area contributed by atoms with Gasteiger partial charge in [-0.05, 0) is 6.92 Å². The van der Waals surface area contributed by atoms with Gasteiger partial charge in [0.25, 0.3) is 0 Å². The number of carboxylic acid groups (broad SMARTS) is 2. The van der Waals surface area contributed by atoms with E-state index in [2.05, 4.69) is 5.32 Å². The van der Waals surface area contributed by atoms with E-state index in [0.717, 1.165) is 6.54 Å². The molecular formula is C6H11NO5. The second-order valence-electron chi connectivity index (χ2n) is 1.64. The first-order chi connectivity index (χ1) is 5.54. The van der Waals surface area contributed by atoms with E-state index in [9.17, 15) is 14.4 Å². The molecule has 0 aromatic carbocycles. The third-order valence-electron chi connectivity index (χ3n) is 0.590. The van der Waals surface area contributed by atoms with Gasteiger partial charge in [-0.25, -0.2) is 0 Å². The van der Waals surface area contributed by atoms with E-state index < -0.39 is 18.4 Å². The summed E-state index contributed by atoms with van der Waals surface area (Å²) >= 11 is 0. The van der Waals surface area contributed by atoms with Crippen molar-refractivity contribution >= 4 is 18.3 Å². The summed E-state index contributed by atoms with van der Waals surface area (Å²) in [5.74, 6) is -2.62. The lowest BCUT2D eigenvalue weighted by molar-refractivity contribution is -0.147. The molecule has 0 heterocycles. The summed E-state index contributed by atoms with van der Waals surface area (Å²) in [5.41, 5.74) is 0. The smallest absolute Gasteiger partial charge is 0.314 e. The number of carbonyl (C=O) groups excluding carboxylic acids is 1. The van der Waals surface area contributed by atoms with Crippen molar-refractivity contribution in [3.63, 3.8) is 0 Å². The van der Waals surface area contributed by atoms with Gasteiger partial charge in [0.15, 0.2) is 0 Å². The van der Waals surface area contributed by atoms with E-state index in [4.69, 9.17) is 10.2 Å². The molecule has 70 valence electrons. The maximum absolute atomic E-state index is 9.43. The first kappa shape index (κ1) is 13.0. The lowest BCUT2D eigenvalue weighted by atomic mass is 10.5. The molecule has 0 atom stereocenters. The van der Waals surface area contributed by atoms with Crippen molar-refractivity contribution in [2.75, 3.05) is 6.54 Å². The normalized spacial score (nSPS) is 7.42. The van der Waals surface area contributed by atoms with Crippen LogP contribution >= 0.6 is 0 Å². The second-order valence-corrected chi connectivity index (χ2v) is 1.64. The Morgan fingerprint density at radius 3 is 1.75 bits per heavy atom. The molecule has 0 aliphatic heterocycles. The average molecular weight is 177 g/mol. The van der Waals surface area contributed by atoms with Crippen LogP contribution in [0.25, 0.3) is 0 Å².